The minimum atomic E-state index is -1.50. The topological polar surface area (TPSA) is 295 Å². The Hall–Kier alpha value is -8.82. The van der Waals surface area contributed by atoms with Crippen molar-refractivity contribution in [1.29, 1.82) is 0 Å². The normalized spacial score (nSPS) is 13.0. The van der Waals surface area contributed by atoms with Crippen LogP contribution in [0.15, 0.2) is 102 Å². The molecule has 0 unspecified atom stereocenters. The molecule has 97 heavy (non-hydrogen) atoms. The molecule has 26 heteroatoms. The molecule has 516 valence electrons. The second-order valence-electron chi connectivity index (χ2n) is 23.3. The van der Waals surface area contributed by atoms with Gasteiger partial charge in [-0.3, -0.25) is 28.8 Å². The third-order valence-electron chi connectivity index (χ3n) is 16.6. The van der Waals surface area contributed by atoms with Gasteiger partial charge in [-0.1, -0.05) is 75.9 Å². The minimum Gasteiger partial charge on any atom is -0.423 e. The zero-order valence-electron chi connectivity index (χ0n) is 54.7. The first kappa shape index (κ1) is 75.6. The van der Waals surface area contributed by atoms with Crippen LogP contribution < -0.4 is 37.4 Å². The molecule has 4 amide bonds. The summed E-state index contributed by atoms with van der Waals surface area (Å²) >= 11 is 3.15. The maximum absolute atomic E-state index is 14.5. The zero-order chi connectivity index (χ0) is 68.5. The number of carbonyl (C=O) groups excluding carboxylic acids is 6. The highest BCUT2D eigenvalue weighted by Crippen LogP contribution is 2.34. The Labute approximate surface area is 573 Å². The molecule has 0 spiro atoms. The van der Waals surface area contributed by atoms with E-state index in [2.05, 4.69) is 71.9 Å². The molecule has 8 N–H and O–H groups in total. The molecule has 2 fully saturated rings. The van der Waals surface area contributed by atoms with Crippen LogP contribution in [-0.2, 0) is 80.8 Å². The van der Waals surface area contributed by atoms with Crippen LogP contribution in [-0.4, -0.2) is 121 Å². The molecule has 2 aliphatic heterocycles. The number of aromatic nitrogens is 6. The first-order valence-electron chi connectivity index (χ1n) is 32.7. The van der Waals surface area contributed by atoms with E-state index < -0.39 is 12.9 Å². The van der Waals surface area contributed by atoms with Gasteiger partial charge in [0.2, 0.25) is 23.6 Å². The maximum Gasteiger partial charge on any atom is 0.488 e. The average molecular weight is 1400 g/mol. The summed E-state index contributed by atoms with van der Waals surface area (Å²) < 4.78 is 43.1. The van der Waals surface area contributed by atoms with Crippen LogP contribution in [0.3, 0.4) is 0 Å². The number of nitrogens with zero attached hydrogens (tertiary/aromatic N) is 6. The van der Waals surface area contributed by atoms with E-state index in [1.54, 1.807) is 60.7 Å². The van der Waals surface area contributed by atoms with Gasteiger partial charge in [-0.2, -0.15) is 10.2 Å². The number of aldehydes is 2. The molecule has 0 saturated carbocycles. The SMILES string of the molecule is C.CCc1nc2c(cnn2CC)c(NC2CCOCC2)c1CNC(=O)CCCC(=O)NCc1ccc(F)c(-c2cccc(C=O)c2)c1.CCc1nc2c(cnn2CC)c(NC2CCOCC2)c1CNC(=O)CCCC(=O)NCc1ccc(F)c(Br)c1.O=Cc1cccc(B(O)O)c1. The summed E-state index contributed by atoms with van der Waals surface area (Å²) in [4.78, 5) is 81.5. The fourth-order valence-corrected chi connectivity index (χ4v) is 11.7. The Morgan fingerprint density at radius 1 is 0.588 bits per heavy atom. The van der Waals surface area contributed by atoms with E-state index in [1.807, 2.05) is 35.6 Å². The minimum absolute atomic E-state index is 0. The van der Waals surface area contributed by atoms with Gasteiger partial charge in [0, 0.05) is 143 Å². The van der Waals surface area contributed by atoms with E-state index in [4.69, 9.17) is 29.5 Å². The molecule has 4 aromatic heterocycles. The van der Waals surface area contributed by atoms with Gasteiger partial charge in [-0.25, -0.2) is 28.1 Å². The molecular weight excluding hydrogens is 1310 g/mol. The van der Waals surface area contributed by atoms with Crippen molar-refractivity contribution in [1.82, 2.24) is 50.8 Å². The number of hydrogen-bond donors (Lipinski definition) is 8. The van der Waals surface area contributed by atoms with Crippen molar-refractivity contribution in [3.8, 4) is 11.1 Å². The smallest absolute Gasteiger partial charge is 0.423 e. The highest BCUT2D eigenvalue weighted by Gasteiger charge is 2.25. The largest absolute Gasteiger partial charge is 0.488 e. The Kier molecular flexibility index (Phi) is 29.8. The monoisotopic (exact) mass is 1400 g/mol. The van der Waals surface area contributed by atoms with Gasteiger partial charge in [0.05, 0.1) is 39.0 Å². The van der Waals surface area contributed by atoms with Crippen molar-refractivity contribution in [3.63, 3.8) is 0 Å². The molecule has 0 radical (unpaired) electrons. The second kappa shape index (κ2) is 38.2. The number of fused-ring (bicyclic) bond motifs is 2. The predicted molar refractivity (Wildman–Crippen MR) is 375 cm³/mol. The number of carbonyl (C=O) groups is 6. The third kappa shape index (κ3) is 21.6. The summed E-state index contributed by atoms with van der Waals surface area (Å²) in [5, 5.41) is 47.5. The van der Waals surface area contributed by atoms with Gasteiger partial charge in [0.25, 0.3) is 0 Å². The molecule has 8 aromatic rings. The van der Waals surface area contributed by atoms with Gasteiger partial charge < -0.3 is 51.4 Å². The summed E-state index contributed by atoms with van der Waals surface area (Å²) in [6.45, 7) is 13.7. The van der Waals surface area contributed by atoms with E-state index in [-0.39, 0.29) is 81.2 Å². The van der Waals surface area contributed by atoms with Crippen LogP contribution in [0.5, 0.6) is 0 Å². The first-order chi connectivity index (χ1) is 46.5. The highest BCUT2D eigenvalue weighted by molar-refractivity contribution is 9.10. The predicted octanol–water partition coefficient (Wildman–Crippen LogP) is 9.75. The van der Waals surface area contributed by atoms with E-state index in [0.29, 0.717) is 97.1 Å². The molecule has 10 rings (SSSR count). The van der Waals surface area contributed by atoms with Gasteiger partial charge >= 0.3 is 7.12 Å². The van der Waals surface area contributed by atoms with Crippen molar-refractivity contribution >= 4 is 98.2 Å². The van der Waals surface area contributed by atoms with Crippen LogP contribution in [0.25, 0.3) is 33.2 Å². The zero-order valence-corrected chi connectivity index (χ0v) is 56.2. The van der Waals surface area contributed by atoms with Crippen molar-refractivity contribution in [2.45, 2.75) is 164 Å². The quantitative estimate of drug-likeness (QED) is 0.0167. The number of ether oxygens (including phenoxy) is 2. The number of rotatable bonds is 28. The van der Waals surface area contributed by atoms with E-state index in [0.717, 1.165) is 125 Å². The lowest BCUT2D eigenvalue weighted by Gasteiger charge is -2.26. The first-order valence-corrected chi connectivity index (χ1v) is 33.5. The molecule has 2 aliphatic rings. The molecule has 6 heterocycles. The van der Waals surface area contributed by atoms with Crippen LogP contribution >= 0.6 is 15.9 Å². The lowest BCUT2D eigenvalue weighted by Crippen LogP contribution is -2.30. The van der Waals surface area contributed by atoms with Crippen LogP contribution in [0, 0.1) is 11.6 Å². The fraction of sp³-hybridized carbons (Fsp3) is 0.408. The second-order valence-corrected chi connectivity index (χ2v) is 24.1. The van der Waals surface area contributed by atoms with Crippen molar-refractivity contribution in [3.05, 3.63) is 158 Å². The highest BCUT2D eigenvalue weighted by atomic mass is 79.9. The number of halogens is 3. The number of pyridine rings is 2. The summed E-state index contributed by atoms with van der Waals surface area (Å²) in [5.41, 5.74) is 11.1. The number of benzene rings is 4. The summed E-state index contributed by atoms with van der Waals surface area (Å²) in [6.07, 6.45) is 11.8. The molecular formula is C71H88BBrF2N12O10. The van der Waals surface area contributed by atoms with Crippen molar-refractivity contribution < 1.29 is 57.1 Å². The molecule has 0 atom stereocenters. The Bertz CT molecular complexity index is 3970. The standard InChI is InChI=1S/C35H41FN6O4.C28H36BrFN6O3.C7H7BO3.CH4/c1-3-31-28(34(40-26-13-15-46-16-14-26)29-21-39-42(4-2)35(29)41-31)20-38-33(45)10-6-9-32(44)37-19-23-11-12-30(36)27(18-23)25-8-5-7-24(17-25)22-43;1-3-24-20(27(34-19-10-12-39-13-11-19)21-17-33-36(4-2)28(21)35-24)16-32-26(38)7-5-6-25(37)31-15-18-8-9-23(30)22(29)14-18;9-5-6-2-1-3-7(4-6)8(10)11;/h5,7-8,11-12,17-18,21-22,26H,3-4,6,9-10,13-16,19-20H2,1-2H3,(H,37,44)(H,38,45)(H,40,41);8-9,14,17,19H,3-7,10-13,15-16H2,1-2H3,(H,31,37)(H,32,38)(H,34,35);1-5,10-11H;1H4. The molecule has 4 aromatic carbocycles. The summed E-state index contributed by atoms with van der Waals surface area (Å²) in [6, 6.07) is 22.7. The lowest BCUT2D eigenvalue weighted by molar-refractivity contribution is -0.124. The van der Waals surface area contributed by atoms with Crippen LogP contribution in [0.4, 0.5) is 20.2 Å². The molecule has 22 nitrogen and oxygen atoms in total. The fourth-order valence-electron chi connectivity index (χ4n) is 11.3. The Balaban J connectivity index is 0.000000236. The number of hydrogen-bond acceptors (Lipinski definition) is 16. The Morgan fingerprint density at radius 2 is 1.02 bits per heavy atom. The van der Waals surface area contributed by atoms with Gasteiger partial charge in [0.1, 0.15) is 24.2 Å². The molecule has 2 saturated heterocycles. The van der Waals surface area contributed by atoms with Crippen LogP contribution in [0.1, 0.15) is 154 Å². The maximum atomic E-state index is 14.5. The van der Waals surface area contributed by atoms with Gasteiger partial charge in [-0.05, 0) is 134 Å². The van der Waals surface area contributed by atoms with Gasteiger partial charge in [0.15, 0.2) is 11.3 Å². The number of aryl methyl sites for hydroxylation is 4. The molecule has 0 aliphatic carbocycles. The van der Waals surface area contributed by atoms with E-state index >= 15 is 0 Å². The third-order valence-corrected chi connectivity index (χ3v) is 17.2. The number of nitrogens with one attached hydrogen (secondary N) is 6. The number of amides is 4. The lowest BCUT2D eigenvalue weighted by atomic mass is 9.80. The van der Waals surface area contributed by atoms with Crippen LogP contribution in [0.2, 0.25) is 0 Å². The van der Waals surface area contributed by atoms with Gasteiger partial charge in [-0.15, -0.1) is 0 Å². The Morgan fingerprint density at radius 3 is 1.45 bits per heavy atom. The summed E-state index contributed by atoms with van der Waals surface area (Å²) in [7, 11) is -1.50. The average Bonchev–Trinajstić information content (AvgIpc) is 1.69. The van der Waals surface area contributed by atoms with Crippen molar-refractivity contribution in [2.24, 2.45) is 0 Å². The van der Waals surface area contributed by atoms with E-state index in [1.165, 1.54) is 24.3 Å². The number of anilines is 2. The summed E-state index contributed by atoms with van der Waals surface area (Å²) in [5.74, 6) is -1.36. The molecule has 0 bridgehead atoms. The van der Waals surface area contributed by atoms with Crippen molar-refractivity contribution in [2.75, 3.05) is 37.1 Å². The van der Waals surface area contributed by atoms with E-state index in [9.17, 15) is 37.5 Å².